The minimum atomic E-state index is -1.42. The van der Waals surface area contributed by atoms with Gasteiger partial charge in [0.15, 0.2) is 17.9 Å². The second-order valence-corrected chi connectivity index (χ2v) is 9.42. The Morgan fingerprint density at radius 2 is 1.73 bits per heavy atom. The number of carbonyl (C=O) groups excluding carboxylic acids is 5. The molecular weight excluding hydrogens is 484 g/mol. The molecule has 11 heteroatoms. The van der Waals surface area contributed by atoms with Gasteiger partial charge in [0.1, 0.15) is 12.2 Å². The van der Waals surface area contributed by atoms with Crippen molar-refractivity contribution in [3.8, 4) is 5.75 Å². The van der Waals surface area contributed by atoms with Crippen molar-refractivity contribution < 1.29 is 43.3 Å². The summed E-state index contributed by atoms with van der Waals surface area (Å²) in [6.45, 7) is 9.44. The summed E-state index contributed by atoms with van der Waals surface area (Å²) in [5.74, 6) is -5.27. The van der Waals surface area contributed by atoms with Crippen LogP contribution in [0.3, 0.4) is 0 Å². The fourth-order valence-electron chi connectivity index (χ4n) is 3.88. The Bertz CT molecular complexity index is 1020. The first-order chi connectivity index (χ1) is 17.4. The average molecular weight is 521 g/mol. The molecule has 0 bridgehead atoms. The van der Waals surface area contributed by atoms with Gasteiger partial charge in [0.25, 0.3) is 5.91 Å². The number of hydrogen-bond donors (Lipinski definition) is 3. The highest BCUT2D eigenvalue weighted by Crippen LogP contribution is 2.29. The van der Waals surface area contributed by atoms with Gasteiger partial charge >= 0.3 is 17.9 Å². The van der Waals surface area contributed by atoms with Crippen LogP contribution in [-0.2, 0) is 33.4 Å². The Kier molecular flexibility index (Phi) is 10.5. The van der Waals surface area contributed by atoms with Gasteiger partial charge < -0.3 is 30.0 Å². The minimum absolute atomic E-state index is 0.0128. The third-order valence-electron chi connectivity index (χ3n) is 5.96. The molecule has 2 amide bonds. The highest BCUT2D eigenvalue weighted by atomic mass is 16.6. The first kappa shape index (κ1) is 29.6. The second kappa shape index (κ2) is 13.1. The maximum absolute atomic E-state index is 13.2. The normalized spacial score (nSPS) is 24.1. The zero-order valence-corrected chi connectivity index (χ0v) is 22.0. The smallest absolute Gasteiger partial charge is 0.332 e. The van der Waals surface area contributed by atoms with Gasteiger partial charge in [0.05, 0.1) is 23.1 Å². The lowest BCUT2D eigenvalue weighted by molar-refractivity contribution is -0.177. The number of carbonyl (C=O) groups is 5. The molecule has 1 aliphatic heterocycles. The summed E-state index contributed by atoms with van der Waals surface area (Å²) in [6.07, 6.45) is -1.45. The summed E-state index contributed by atoms with van der Waals surface area (Å²) in [7, 11) is 0. The third-order valence-corrected chi connectivity index (χ3v) is 5.96. The van der Waals surface area contributed by atoms with Crippen molar-refractivity contribution in [1.82, 2.24) is 5.32 Å². The number of aromatic hydroxyl groups is 1. The van der Waals surface area contributed by atoms with E-state index in [9.17, 15) is 29.1 Å². The van der Waals surface area contributed by atoms with Crippen molar-refractivity contribution in [2.75, 3.05) is 5.32 Å². The van der Waals surface area contributed by atoms with E-state index < -0.39 is 71.7 Å². The lowest BCUT2D eigenvalue weighted by Crippen LogP contribution is -2.50. The Hall–Kier alpha value is -3.63. The first-order valence-corrected chi connectivity index (χ1v) is 12.4. The second-order valence-electron chi connectivity index (χ2n) is 9.42. The van der Waals surface area contributed by atoms with E-state index >= 15 is 0 Å². The molecule has 1 saturated heterocycles. The van der Waals surface area contributed by atoms with E-state index in [1.807, 2.05) is 6.92 Å². The molecule has 1 aromatic rings. The summed E-state index contributed by atoms with van der Waals surface area (Å²) >= 11 is 0. The van der Waals surface area contributed by atoms with E-state index in [0.717, 1.165) is 6.42 Å². The number of para-hydroxylation sites is 1. The molecule has 37 heavy (non-hydrogen) atoms. The van der Waals surface area contributed by atoms with Crippen LogP contribution in [0.2, 0.25) is 0 Å². The molecule has 1 fully saturated rings. The quantitative estimate of drug-likeness (QED) is 0.266. The number of benzene rings is 1. The number of amides is 2. The van der Waals surface area contributed by atoms with E-state index in [1.54, 1.807) is 13.8 Å². The number of nitrogens with one attached hydrogen (secondary N) is 2. The third kappa shape index (κ3) is 7.68. The molecule has 2 rings (SSSR count). The lowest BCUT2D eigenvalue weighted by atomic mass is 9.92. The van der Waals surface area contributed by atoms with Gasteiger partial charge in [-0.3, -0.25) is 19.2 Å². The van der Waals surface area contributed by atoms with Crippen molar-refractivity contribution >= 4 is 35.4 Å². The molecule has 0 spiro atoms. The molecule has 0 aromatic heterocycles. The largest absolute Gasteiger partial charge is 0.505 e. The highest BCUT2D eigenvalue weighted by molar-refractivity contribution is 6.02. The monoisotopic (exact) mass is 520 g/mol. The van der Waals surface area contributed by atoms with Crippen LogP contribution in [0.4, 0.5) is 5.69 Å². The molecule has 1 heterocycles. The fourth-order valence-corrected chi connectivity index (χ4v) is 3.88. The van der Waals surface area contributed by atoms with Crippen LogP contribution in [0.15, 0.2) is 18.2 Å². The van der Waals surface area contributed by atoms with Gasteiger partial charge in [-0.1, -0.05) is 39.7 Å². The number of unbranched alkanes of at least 4 members (excludes halogenated alkanes) is 1. The molecule has 0 saturated carbocycles. The van der Waals surface area contributed by atoms with Crippen LogP contribution in [0.25, 0.3) is 0 Å². The van der Waals surface area contributed by atoms with Crippen LogP contribution >= 0.6 is 0 Å². The molecule has 1 aromatic carbocycles. The number of phenolic OH excluding ortho intramolecular Hbond substituents is 1. The maximum atomic E-state index is 13.2. The first-order valence-electron chi connectivity index (χ1n) is 12.4. The lowest BCUT2D eigenvalue weighted by Gasteiger charge is -2.29. The Labute approximate surface area is 216 Å². The molecule has 0 radical (unpaired) electrons. The van der Waals surface area contributed by atoms with E-state index in [4.69, 9.17) is 14.2 Å². The number of cyclic esters (lactones) is 2. The predicted octanol–water partition coefficient (Wildman–Crippen LogP) is 2.70. The zero-order valence-electron chi connectivity index (χ0n) is 22.0. The summed E-state index contributed by atoms with van der Waals surface area (Å²) in [5, 5.41) is 15.3. The predicted molar refractivity (Wildman–Crippen MR) is 133 cm³/mol. The molecule has 1 aliphatic rings. The van der Waals surface area contributed by atoms with E-state index in [2.05, 4.69) is 10.6 Å². The van der Waals surface area contributed by atoms with Crippen LogP contribution in [0, 0.1) is 11.8 Å². The number of anilines is 1. The van der Waals surface area contributed by atoms with Crippen molar-refractivity contribution in [3.63, 3.8) is 0 Å². The average Bonchev–Trinajstić information content (AvgIpc) is 2.84. The van der Waals surface area contributed by atoms with Gasteiger partial charge in [0, 0.05) is 6.92 Å². The highest BCUT2D eigenvalue weighted by Gasteiger charge is 2.44. The number of rotatable bonds is 8. The Balaban J connectivity index is 2.36. The Morgan fingerprint density at radius 1 is 1.08 bits per heavy atom. The summed E-state index contributed by atoms with van der Waals surface area (Å²) < 4.78 is 16.7. The molecule has 5 unspecified atom stereocenters. The van der Waals surface area contributed by atoms with E-state index in [0.29, 0.717) is 12.8 Å². The van der Waals surface area contributed by atoms with E-state index in [1.165, 1.54) is 39.0 Å². The van der Waals surface area contributed by atoms with Crippen LogP contribution in [-0.4, -0.2) is 59.2 Å². The molecule has 204 valence electrons. The molecule has 5 atom stereocenters. The standard InChI is InChI=1S/C26H36N2O9/c1-7-8-10-18-22(37-24(32)13(2)3)15(5)36-26(34)20(14(4)35-25(18)33)28-23(31)17-11-9-12-19(21(17)30)27-16(6)29/h9,11-15,18,20,22,30H,7-8,10H2,1-6H3,(H,27,29)(H,28,31). The van der Waals surface area contributed by atoms with Gasteiger partial charge in [-0.05, 0) is 32.4 Å². The van der Waals surface area contributed by atoms with E-state index in [-0.39, 0.29) is 11.3 Å². The Morgan fingerprint density at radius 3 is 2.32 bits per heavy atom. The van der Waals surface area contributed by atoms with Crippen molar-refractivity contribution in [2.24, 2.45) is 11.8 Å². The summed E-state index contributed by atoms with van der Waals surface area (Å²) in [4.78, 5) is 63.0. The van der Waals surface area contributed by atoms with Crippen LogP contribution in [0.1, 0.15) is 71.2 Å². The number of phenols is 1. The topological polar surface area (TPSA) is 157 Å². The minimum Gasteiger partial charge on any atom is -0.505 e. The summed E-state index contributed by atoms with van der Waals surface area (Å²) in [6, 6.07) is 2.73. The summed E-state index contributed by atoms with van der Waals surface area (Å²) in [5.41, 5.74) is -0.200. The number of ether oxygens (including phenoxy) is 3. The number of hydrogen-bond acceptors (Lipinski definition) is 9. The van der Waals surface area contributed by atoms with Crippen LogP contribution in [0.5, 0.6) is 5.75 Å². The molecule has 0 aliphatic carbocycles. The fraction of sp³-hybridized carbons (Fsp3) is 0.577. The molecule has 3 N–H and O–H groups in total. The van der Waals surface area contributed by atoms with Gasteiger partial charge in [-0.25, -0.2) is 4.79 Å². The molecular formula is C26H36N2O9. The van der Waals surface area contributed by atoms with Crippen molar-refractivity contribution in [2.45, 2.75) is 85.2 Å². The zero-order chi connectivity index (χ0) is 27.9. The number of esters is 3. The maximum Gasteiger partial charge on any atom is 0.332 e. The van der Waals surface area contributed by atoms with Gasteiger partial charge in [-0.15, -0.1) is 0 Å². The van der Waals surface area contributed by atoms with Gasteiger partial charge in [-0.2, -0.15) is 0 Å². The SMILES string of the molecule is CCCCC1C(=O)OC(C)C(NC(=O)c2cccc(NC(C)=O)c2O)C(=O)OC(C)C1OC(=O)C(C)C. The molecule has 11 nitrogen and oxygen atoms in total. The van der Waals surface area contributed by atoms with Crippen molar-refractivity contribution in [1.29, 1.82) is 0 Å². The van der Waals surface area contributed by atoms with Crippen LogP contribution < -0.4 is 10.6 Å². The van der Waals surface area contributed by atoms with Gasteiger partial charge in [0.2, 0.25) is 5.91 Å². The van der Waals surface area contributed by atoms with Crippen molar-refractivity contribution in [3.05, 3.63) is 23.8 Å².